The summed E-state index contributed by atoms with van der Waals surface area (Å²) in [7, 11) is -14.3. The average molecular weight is 2150 g/mol. The number of anilines is 12. The molecule has 12 aromatic rings. The van der Waals surface area contributed by atoms with Gasteiger partial charge >= 0.3 is 0 Å². The number of fused-ring (bicyclic) bond motifs is 4. The maximum absolute atomic E-state index is 14.0. The molecule has 10 aliphatic heterocycles. The first-order valence-corrected chi connectivity index (χ1v) is 59.2. The van der Waals surface area contributed by atoms with Crippen LogP contribution < -0.4 is 59.8 Å². The Hall–Kier alpha value is -13.6. The van der Waals surface area contributed by atoms with Gasteiger partial charge in [0.1, 0.15) is 34.9 Å². The molecule has 47 heteroatoms. The highest BCUT2D eigenvalue weighted by Crippen LogP contribution is 2.43. The predicted octanol–water partition coefficient (Wildman–Crippen LogP) is 11.6. The van der Waals surface area contributed by atoms with E-state index in [-0.39, 0.29) is 87.5 Å². The van der Waals surface area contributed by atoms with Crippen molar-refractivity contribution in [3.05, 3.63) is 188 Å². The highest BCUT2D eigenvalue weighted by atomic mass is 35.5. The highest BCUT2D eigenvalue weighted by molar-refractivity contribution is 7.92. The van der Waals surface area contributed by atoms with Gasteiger partial charge in [-0.25, -0.2) is 62.6 Å². The van der Waals surface area contributed by atoms with E-state index in [9.17, 15) is 52.8 Å². The molecular weight excluding hydrogens is 2020 g/mol. The molecule has 22 rings (SSSR count). The smallest absolute Gasteiger partial charge is 0.256 e. The Bertz CT molecular complexity index is 7460. The normalized spacial score (nSPS) is 20.0. The summed E-state index contributed by atoms with van der Waals surface area (Å²) in [5, 5.41) is 20.0. The van der Waals surface area contributed by atoms with E-state index in [0.717, 1.165) is 285 Å². The second kappa shape index (κ2) is 43.8. The number of hydrogen-bond donors (Lipinski definition) is 6. The quantitative estimate of drug-likeness (QED) is 0.0271. The summed E-state index contributed by atoms with van der Waals surface area (Å²) in [6.45, 7) is 23.8. The third-order valence-corrected chi connectivity index (χ3v) is 31.6. The van der Waals surface area contributed by atoms with Gasteiger partial charge in [-0.2, -0.15) is 29.4 Å². The number of benzene rings is 4. The summed E-state index contributed by atoms with van der Waals surface area (Å²) in [6.07, 6.45) is 27.4. The maximum Gasteiger partial charge on any atom is 0.256 e. The van der Waals surface area contributed by atoms with Crippen molar-refractivity contribution >= 4 is 167 Å². The van der Waals surface area contributed by atoms with E-state index in [0.29, 0.717) is 91.8 Å². The third-order valence-electron chi connectivity index (χ3n) is 29.0. The maximum atomic E-state index is 14.0. The molecule has 0 spiro atoms. The second-order valence-corrected chi connectivity index (χ2v) is 48.2. The molecule has 8 N–H and O–H groups in total. The number of nitrogens with one attached hydrogen (secondary N) is 4. The van der Waals surface area contributed by atoms with Gasteiger partial charge < -0.3 is 69.9 Å². The van der Waals surface area contributed by atoms with Crippen molar-refractivity contribution in [1.29, 1.82) is 0 Å². The van der Waals surface area contributed by atoms with Gasteiger partial charge in [0.25, 0.3) is 23.6 Å². The lowest BCUT2D eigenvalue weighted by atomic mass is 9.97. The van der Waals surface area contributed by atoms with Crippen LogP contribution in [0.5, 0.6) is 0 Å². The summed E-state index contributed by atoms with van der Waals surface area (Å²) in [4.78, 5) is 95.8. The lowest BCUT2D eigenvalue weighted by Gasteiger charge is -2.38. The number of sulfonamides is 4. The average Bonchev–Trinajstić information content (AvgIpc) is 1.61. The number of ether oxygens (including phenoxy) is 2. The van der Waals surface area contributed by atoms with Crippen LogP contribution in [0.1, 0.15) is 208 Å². The Morgan fingerprint density at radius 2 is 0.733 bits per heavy atom. The van der Waals surface area contributed by atoms with E-state index in [2.05, 4.69) is 73.3 Å². The molecule has 5 atom stereocenters. The van der Waals surface area contributed by atoms with Crippen LogP contribution in [0, 0.1) is 45.0 Å². The van der Waals surface area contributed by atoms with E-state index < -0.39 is 40.1 Å². The molecule has 42 nitrogen and oxygen atoms in total. The SMILES string of the molecule is C#C[C@H]1CCN(c2nc3cc([C@@H]4CCCCN4C(=O)c4cc(Cl)ccc4NS(C)(=O)=O)nn3cc2C)C1.CS(=O)(=O)Nc1ccc(N)cc1C(=O)N1CCCC[C@H]1c1cc2nc(N3CCC3)cc(N3CCOCC3)n2n1.Cc1ccc(NS(C)(=O)=O)c(C(=O)N2CCCC[C@H]2c2cc3nc(N4CCC4)cc(N4CCOCC4)n3n2)c1.Cc1cn2nc([C@@H]3CCCCN3C(=O)c3cc(N)ccc3NS(C)(=O)=O)cc2nc1N1CC(C)C1. The Balaban J connectivity index is 0.000000126. The zero-order valence-corrected chi connectivity index (χ0v) is 89.6. The number of aryl methyl sites for hydroxylation is 3. The van der Waals surface area contributed by atoms with Crippen LogP contribution in [-0.4, -0.2) is 291 Å². The molecule has 796 valence electrons. The molecule has 4 aromatic carbocycles. The summed E-state index contributed by atoms with van der Waals surface area (Å²) in [6, 6.07) is 30.1. The third kappa shape index (κ3) is 23.7. The number of carbonyl (C=O) groups excluding carboxylic acids is 4. The minimum absolute atomic E-state index is 0.200. The fourth-order valence-electron chi connectivity index (χ4n) is 21.4. The van der Waals surface area contributed by atoms with Crippen molar-refractivity contribution in [2.45, 2.75) is 148 Å². The van der Waals surface area contributed by atoms with Gasteiger partial charge in [0.2, 0.25) is 40.1 Å². The molecular formula is C103H129ClN28O14S4. The minimum atomic E-state index is -3.59. The first-order chi connectivity index (χ1) is 71.7. The number of morpholine rings is 2. The van der Waals surface area contributed by atoms with Crippen molar-refractivity contribution in [2.75, 3.05) is 216 Å². The molecule has 0 radical (unpaired) electrons. The Morgan fingerprint density at radius 1 is 0.380 bits per heavy atom. The van der Waals surface area contributed by atoms with Gasteiger partial charge in [0.05, 0.1) is 143 Å². The van der Waals surface area contributed by atoms with Crippen LogP contribution in [0.4, 0.5) is 69.0 Å². The molecule has 10 fully saturated rings. The van der Waals surface area contributed by atoms with Crippen LogP contribution in [0.2, 0.25) is 5.02 Å². The van der Waals surface area contributed by atoms with Crippen LogP contribution in [0.15, 0.2) is 122 Å². The summed E-state index contributed by atoms with van der Waals surface area (Å²) in [5.41, 5.74) is 23.7. The molecule has 0 saturated carbocycles. The van der Waals surface area contributed by atoms with Gasteiger partial charge in [0.15, 0.2) is 22.6 Å². The molecule has 0 unspecified atom stereocenters. The number of carbonyl (C=O) groups is 4. The van der Waals surface area contributed by atoms with E-state index in [1.165, 1.54) is 42.8 Å². The number of piperidine rings is 4. The molecule has 18 heterocycles. The number of aromatic nitrogens is 12. The Labute approximate surface area is 878 Å². The summed E-state index contributed by atoms with van der Waals surface area (Å²) >= 11 is 6.19. The van der Waals surface area contributed by atoms with Crippen molar-refractivity contribution in [3.8, 4) is 12.3 Å². The second-order valence-electron chi connectivity index (χ2n) is 40.7. The van der Waals surface area contributed by atoms with E-state index in [4.69, 9.17) is 79.3 Å². The number of nitrogens with two attached hydrogens (primary N) is 2. The van der Waals surface area contributed by atoms with Crippen molar-refractivity contribution in [2.24, 2.45) is 11.8 Å². The number of nitrogen functional groups attached to an aromatic ring is 2. The van der Waals surface area contributed by atoms with Crippen LogP contribution in [0.25, 0.3) is 22.6 Å². The number of amides is 4. The van der Waals surface area contributed by atoms with Crippen molar-refractivity contribution < 1.29 is 62.3 Å². The Kier molecular flexibility index (Phi) is 30.6. The largest absolute Gasteiger partial charge is 0.399 e. The topological polar surface area (TPSA) is 477 Å². The predicted molar refractivity (Wildman–Crippen MR) is 580 cm³/mol. The molecule has 0 aliphatic carbocycles. The van der Waals surface area contributed by atoms with Gasteiger partial charge in [-0.15, -0.1) is 12.3 Å². The Morgan fingerprint density at radius 3 is 1.09 bits per heavy atom. The number of terminal acetylenes is 1. The molecule has 10 aliphatic rings. The first kappa shape index (κ1) is 105. The molecule has 8 aromatic heterocycles. The van der Waals surface area contributed by atoms with E-state index >= 15 is 0 Å². The minimum Gasteiger partial charge on any atom is -0.399 e. The number of rotatable bonds is 22. The number of hydrogen-bond acceptors (Lipinski definition) is 30. The highest BCUT2D eigenvalue weighted by Gasteiger charge is 2.41. The van der Waals surface area contributed by atoms with Crippen molar-refractivity contribution in [3.63, 3.8) is 0 Å². The van der Waals surface area contributed by atoms with Crippen LogP contribution in [-0.2, 0) is 49.6 Å². The molecule has 150 heavy (non-hydrogen) atoms. The monoisotopic (exact) mass is 2140 g/mol. The van der Waals surface area contributed by atoms with Crippen molar-refractivity contribution in [1.82, 2.24) is 78.0 Å². The fourth-order valence-corrected chi connectivity index (χ4v) is 23.9. The molecule has 0 bridgehead atoms. The zero-order valence-electron chi connectivity index (χ0n) is 85.6. The molecule has 4 amide bonds. The lowest BCUT2D eigenvalue weighted by Crippen LogP contribution is -2.46. The number of halogens is 1. The first-order valence-electron chi connectivity index (χ1n) is 51.3. The number of nitrogens with zero attached hydrogens (tertiary/aromatic N) is 22. The molecule has 10 saturated heterocycles. The standard InChI is InChI=1S/C27H35N7O4S.C26H29ClN6O3S.C26H34N8O4S.C24H31N7O3S/c1-19-7-8-21(30-39(2,36)37)20(16-19)27(35)33-11-4-3-6-23(33)22-17-25-28-24(31-9-5-10-31)18-26(34(25)29-22)32-12-14-38-15-13-32;1-4-18-10-12-31(16-18)25-17(2)15-33-24(28-25)14-22(29-33)23-7-5-6-11-32(23)26(34)20-13-19(27)8-9-21(20)30-37(3,35)36;1-39(36,37)30-20-7-6-18(27)15-19(20)26(35)33-10-3-2-5-22(33)21-16-24-28-23(31-8-4-9-31)17-25(34(24)29-21)32-11-13-38-14-12-32;1-15-12-29(13-15)23-16(2)14-31-22(26-23)11-20(27-31)21-6-4-5-9-30(21)24(32)18-10-17(25)7-8-19(18)28-35(3,33)34/h7-8,16-18,23,30H,3-6,9-15H2,1-2H3;1,8-9,13-15,18,23,30H,5-7,10-12,16H2,2-3H3;6-7,15-17,22,30H,2-5,8-14,27H2,1H3;7-8,10-11,14-15,21,28H,4-6,9,12-13,25H2,1-3H3/t23-;18-,23-;22-;21-/m0000/s1. The summed E-state index contributed by atoms with van der Waals surface area (Å²) < 4.78 is 124. The van der Waals surface area contributed by atoms with Crippen LogP contribution in [0.3, 0.4) is 0 Å². The van der Waals surface area contributed by atoms with Gasteiger partial charge in [0, 0.05) is 187 Å². The van der Waals surface area contributed by atoms with E-state index in [1.54, 1.807) is 60.1 Å². The van der Waals surface area contributed by atoms with Gasteiger partial charge in [-0.1, -0.05) is 30.2 Å². The van der Waals surface area contributed by atoms with Crippen LogP contribution >= 0.6 is 11.6 Å². The summed E-state index contributed by atoms with van der Waals surface area (Å²) in [5.74, 6) is 8.44. The van der Waals surface area contributed by atoms with Gasteiger partial charge in [-0.3, -0.25) is 38.1 Å². The zero-order chi connectivity index (χ0) is 106. The fraction of sp³-hybridized carbons (Fsp3) is 0.476. The van der Waals surface area contributed by atoms with Gasteiger partial charge in [-0.05, 0) is 190 Å². The lowest BCUT2D eigenvalue weighted by molar-refractivity contribution is 0.0600. The number of likely N-dealkylation sites (tertiary alicyclic amines) is 4. The van der Waals surface area contributed by atoms with E-state index in [1.807, 2.05) is 71.4 Å².